The number of aromatic nitrogens is 3. The maximum absolute atomic E-state index is 14.4. The van der Waals surface area contributed by atoms with E-state index in [1.54, 1.807) is 0 Å². The quantitative estimate of drug-likeness (QED) is 0.244. The molecular formula is C22H13F6N3O5. The molecule has 0 unspecified atom stereocenters. The predicted octanol–water partition coefficient (Wildman–Crippen LogP) is 2.73. The van der Waals surface area contributed by atoms with Crippen LogP contribution in [0.4, 0.5) is 26.3 Å². The Morgan fingerprint density at radius 1 is 0.861 bits per heavy atom. The maximum Gasteiger partial charge on any atom is 0.416 e. The van der Waals surface area contributed by atoms with E-state index in [2.05, 4.69) is 10.1 Å². The van der Waals surface area contributed by atoms with Gasteiger partial charge in [-0.3, -0.25) is 9.78 Å². The number of fused-ring (bicyclic) bond motifs is 1. The van der Waals surface area contributed by atoms with Crippen LogP contribution in [0.15, 0.2) is 59.5 Å². The minimum atomic E-state index is -4.70. The van der Waals surface area contributed by atoms with Crippen LogP contribution >= 0.6 is 0 Å². The number of nitrogens with zero attached hydrogens (tertiary/aromatic N) is 3. The maximum atomic E-state index is 14.4. The number of alkyl halides is 5. The third-order valence-corrected chi connectivity index (χ3v) is 5.12. The molecule has 188 valence electrons. The minimum Gasteiger partial charge on any atom is -0.336 e. The normalized spacial score (nSPS) is 12.8. The highest BCUT2D eigenvalue weighted by molar-refractivity contribution is 5.92. The van der Waals surface area contributed by atoms with Gasteiger partial charge in [-0.25, -0.2) is 4.39 Å². The Morgan fingerprint density at radius 3 is 2.06 bits per heavy atom. The molecule has 2 aromatic carbocycles. The van der Waals surface area contributed by atoms with Crippen molar-refractivity contribution in [3.63, 3.8) is 0 Å². The standard InChI is InChI=1S/C22H13F6N3O5/c23-11-8-14-17(29-9-11)18(13-2-1-3-15(21(27,33)34)16(13)22(28,35)36)30-31(19(14)32)12-6-4-10(5-7-12)20(24,25)26/h1-9,33-36H. The Labute approximate surface area is 195 Å². The molecule has 0 bridgehead atoms. The molecule has 14 heteroatoms. The van der Waals surface area contributed by atoms with Crippen LogP contribution in [-0.2, 0) is 18.3 Å². The van der Waals surface area contributed by atoms with Crippen molar-refractivity contribution in [1.82, 2.24) is 14.8 Å². The number of halogens is 6. The van der Waals surface area contributed by atoms with Crippen molar-refractivity contribution < 1.29 is 46.8 Å². The summed E-state index contributed by atoms with van der Waals surface area (Å²) in [7, 11) is 0. The molecule has 0 aliphatic heterocycles. The molecule has 0 saturated carbocycles. The van der Waals surface area contributed by atoms with Gasteiger partial charge >= 0.3 is 18.3 Å². The van der Waals surface area contributed by atoms with Crippen LogP contribution in [0.5, 0.6) is 0 Å². The Hall–Kier alpha value is -3.85. The summed E-state index contributed by atoms with van der Waals surface area (Å²) in [6.07, 6.45) is -4.06. The van der Waals surface area contributed by atoms with Gasteiger partial charge in [-0.15, -0.1) is 0 Å². The van der Waals surface area contributed by atoms with Gasteiger partial charge in [-0.1, -0.05) is 18.2 Å². The second-order valence-corrected chi connectivity index (χ2v) is 7.56. The van der Waals surface area contributed by atoms with Crippen molar-refractivity contribution in [1.29, 1.82) is 0 Å². The number of hydrogen-bond donors (Lipinski definition) is 4. The van der Waals surface area contributed by atoms with E-state index < -0.39 is 68.5 Å². The van der Waals surface area contributed by atoms with Crippen LogP contribution in [0.25, 0.3) is 27.8 Å². The highest BCUT2D eigenvalue weighted by atomic mass is 19.4. The third kappa shape index (κ3) is 4.54. The molecule has 36 heavy (non-hydrogen) atoms. The van der Waals surface area contributed by atoms with Gasteiger partial charge in [0, 0.05) is 5.56 Å². The summed E-state index contributed by atoms with van der Waals surface area (Å²) in [5, 5.41) is 41.5. The van der Waals surface area contributed by atoms with Crippen LogP contribution in [0, 0.1) is 5.82 Å². The largest absolute Gasteiger partial charge is 0.416 e. The number of pyridine rings is 1. The van der Waals surface area contributed by atoms with E-state index in [-0.39, 0.29) is 5.69 Å². The fourth-order valence-corrected chi connectivity index (χ4v) is 3.60. The summed E-state index contributed by atoms with van der Waals surface area (Å²) in [4.78, 5) is 16.7. The SMILES string of the molecule is O=c1c2cc(F)cnc2c(-c2cccc(C(O)(O)F)c2C(O)(O)F)nn1-c1ccc(C(F)(F)F)cc1. The van der Waals surface area contributed by atoms with E-state index in [9.17, 15) is 51.6 Å². The first-order valence-corrected chi connectivity index (χ1v) is 9.77. The Morgan fingerprint density at radius 2 is 1.50 bits per heavy atom. The van der Waals surface area contributed by atoms with E-state index in [4.69, 9.17) is 0 Å². The van der Waals surface area contributed by atoms with E-state index in [0.29, 0.717) is 35.1 Å². The van der Waals surface area contributed by atoms with Crippen LogP contribution < -0.4 is 5.56 Å². The van der Waals surface area contributed by atoms with Gasteiger partial charge in [0.15, 0.2) is 0 Å². The van der Waals surface area contributed by atoms with Gasteiger partial charge in [0.1, 0.15) is 17.0 Å². The number of aliphatic hydroxyl groups is 4. The van der Waals surface area contributed by atoms with E-state index in [0.717, 1.165) is 24.3 Å². The zero-order valence-electron chi connectivity index (χ0n) is 17.5. The van der Waals surface area contributed by atoms with Gasteiger partial charge < -0.3 is 20.4 Å². The summed E-state index contributed by atoms with van der Waals surface area (Å²) < 4.78 is 81.7. The molecule has 0 aliphatic rings. The summed E-state index contributed by atoms with van der Waals surface area (Å²) >= 11 is 0. The Bertz CT molecular complexity index is 1520. The van der Waals surface area contributed by atoms with Gasteiger partial charge in [-0.2, -0.15) is 31.7 Å². The fourth-order valence-electron chi connectivity index (χ4n) is 3.60. The molecule has 4 aromatic rings. The van der Waals surface area contributed by atoms with Crippen molar-refractivity contribution in [2.75, 3.05) is 0 Å². The predicted molar refractivity (Wildman–Crippen MR) is 110 cm³/mol. The zero-order valence-corrected chi connectivity index (χ0v) is 17.5. The van der Waals surface area contributed by atoms with E-state index in [1.807, 2.05) is 0 Å². The summed E-state index contributed by atoms with van der Waals surface area (Å²) in [5.41, 5.74) is -6.94. The molecule has 0 atom stereocenters. The lowest BCUT2D eigenvalue weighted by molar-refractivity contribution is -0.290. The topological polar surface area (TPSA) is 129 Å². The second-order valence-electron chi connectivity index (χ2n) is 7.56. The Kier molecular flexibility index (Phi) is 5.87. The zero-order chi connectivity index (χ0) is 26.6. The van der Waals surface area contributed by atoms with Crippen molar-refractivity contribution in [2.24, 2.45) is 0 Å². The minimum absolute atomic E-state index is 0.262. The van der Waals surface area contributed by atoms with Gasteiger partial charge in [-0.05, 0) is 30.3 Å². The van der Waals surface area contributed by atoms with Crippen LogP contribution in [0.2, 0.25) is 0 Å². The first-order chi connectivity index (χ1) is 16.6. The lowest BCUT2D eigenvalue weighted by Crippen LogP contribution is -2.29. The molecule has 0 radical (unpaired) electrons. The fraction of sp³-hybridized carbons (Fsp3) is 0.136. The molecule has 0 saturated heterocycles. The first kappa shape index (κ1) is 25.2. The molecule has 4 N–H and O–H groups in total. The lowest BCUT2D eigenvalue weighted by atomic mass is 9.95. The van der Waals surface area contributed by atoms with E-state index in [1.165, 1.54) is 0 Å². The average molecular weight is 513 g/mol. The lowest BCUT2D eigenvalue weighted by Gasteiger charge is -2.23. The molecular weight excluding hydrogens is 500 g/mol. The molecule has 2 aromatic heterocycles. The van der Waals surface area contributed by atoms with Crippen LogP contribution in [0.1, 0.15) is 16.7 Å². The summed E-state index contributed by atoms with van der Waals surface area (Å²) in [5.74, 6) is -1.01. The van der Waals surface area contributed by atoms with Crippen LogP contribution in [0.3, 0.4) is 0 Å². The average Bonchev–Trinajstić information content (AvgIpc) is 2.77. The number of hydrogen-bond acceptors (Lipinski definition) is 7. The Balaban J connectivity index is 2.10. The highest BCUT2D eigenvalue weighted by Gasteiger charge is 2.40. The van der Waals surface area contributed by atoms with Crippen LogP contribution in [-0.4, -0.2) is 35.2 Å². The molecule has 8 nitrogen and oxygen atoms in total. The van der Waals surface area contributed by atoms with Crippen molar-refractivity contribution >= 4 is 10.9 Å². The van der Waals surface area contributed by atoms with Gasteiger partial charge in [0.2, 0.25) is 0 Å². The number of rotatable bonds is 4. The van der Waals surface area contributed by atoms with Crippen molar-refractivity contribution in [3.8, 4) is 16.9 Å². The van der Waals surface area contributed by atoms with Gasteiger partial charge in [0.05, 0.1) is 34.0 Å². The molecule has 0 amide bonds. The van der Waals surface area contributed by atoms with Gasteiger partial charge in [0.25, 0.3) is 5.56 Å². The van der Waals surface area contributed by atoms with Crippen molar-refractivity contribution in [2.45, 2.75) is 18.3 Å². The summed E-state index contributed by atoms with van der Waals surface area (Å²) in [6, 6.07) is -2.49. The first-order valence-electron chi connectivity index (χ1n) is 9.77. The monoisotopic (exact) mass is 513 g/mol. The van der Waals surface area contributed by atoms with Crippen molar-refractivity contribution in [3.05, 3.63) is 87.6 Å². The summed E-state index contributed by atoms with van der Waals surface area (Å²) in [6.45, 7) is 0. The smallest absolute Gasteiger partial charge is 0.336 e. The van der Waals surface area contributed by atoms with E-state index >= 15 is 0 Å². The third-order valence-electron chi connectivity index (χ3n) is 5.12. The number of benzene rings is 2. The second kappa shape index (κ2) is 8.37. The molecule has 2 heterocycles. The molecule has 0 aliphatic carbocycles. The highest BCUT2D eigenvalue weighted by Crippen LogP contribution is 2.39. The molecule has 0 spiro atoms. The molecule has 0 fully saturated rings. The molecule has 4 rings (SSSR count).